The second-order valence-electron chi connectivity index (χ2n) is 6.70. The van der Waals surface area contributed by atoms with Gasteiger partial charge in [-0.1, -0.05) is 13.8 Å². The molecular weight excluding hydrogens is 445 g/mol. The number of carboxylic acids is 1. The minimum absolute atomic E-state index is 0. The molecule has 0 radical (unpaired) electrons. The molecule has 2 saturated heterocycles. The average molecular weight is 477 g/mol. The first kappa shape index (κ1) is 31.6. The van der Waals surface area contributed by atoms with Crippen LogP contribution in [0.3, 0.4) is 0 Å². The fraction of sp³-hybridized carbons (Fsp3) is 0.889. The fourth-order valence-corrected chi connectivity index (χ4v) is 3.38. The maximum atomic E-state index is 11.6. The summed E-state index contributed by atoms with van der Waals surface area (Å²) < 4.78 is 26.1. The first-order chi connectivity index (χ1) is 14.7. The van der Waals surface area contributed by atoms with Gasteiger partial charge < -0.3 is 59.3 Å². The van der Waals surface area contributed by atoms with Crippen LogP contribution in [0.15, 0.2) is 0 Å². The summed E-state index contributed by atoms with van der Waals surface area (Å²) in [4.78, 5) is 22.9. The van der Waals surface area contributed by atoms with Crippen LogP contribution in [0, 0.1) is 0 Å². The van der Waals surface area contributed by atoms with Crippen molar-refractivity contribution in [2.75, 3.05) is 20.8 Å². The molecule has 10 atom stereocenters. The zero-order chi connectivity index (χ0) is 23.9. The normalized spacial score (nSPS) is 39.2. The van der Waals surface area contributed by atoms with E-state index in [-0.39, 0.29) is 29.6 Å². The van der Waals surface area contributed by atoms with E-state index in [0.29, 0.717) is 0 Å². The summed E-state index contributed by atoms with van der Waals surface area (Å²) in [7, 11) is 2.37. The Morgan fingerprint density at radius 2 is 1.56 bits per heavy atom. The minimum Gasteiger partial charge on any atom is -0.547 e. The molecule has 0 aromatic rings. The van der Waals surface area contributed by atoms with Crippen LogP contribution in [0.1, 0.15) is 20.8 Å². The molecular formula is C18H32NNaO12. The summed E-state index contributed by atoms with van der Waals surface area (Å²) in [6.07, 6.45) is -13.7. The van der Waals surface area contributed by atoms with Crippen LogP contribution in [0.4, 0.5) is 0 Å². The number of hydrogen-bond donors (Lipinski definition) is 5. The van der Waals surface area contributed by atoms with E-state index < -0.39 is 79.8 Å². The van der Waals surface area contributed by atoms with E-state index in [0.717, 1.165) is 7.11 Å². The Labute approximate surface area is 208 Å². The summed E-state index contributed by atoms with van der Waals surface area (Å²) in [5.41, 5.74) is 0. The van der Waals surface area contributed by atoms with E-state index in [2.05, 4.69) is 5.32 Å². The molecule has 2 heterocycles. The standard InChI is InChI=1S/C16H27NO12.C2H6.Na/c1-5(19)17-7-11(8(20)6(4-18)27-15(7)26-3)28-16-10(22)9(21)12(25-2)13(29-16)14(23)24;1-2;/h6-13,15-16,18,20-22H,4H2,1-3H3,(H,17,19)(H,23,24);1-2H3;/q;;+1/p-1. The molecule has 13 nitrogen and oxygen atoms in total. The molecule has 0 aromatic heterocycles. The van der Waals surface area contributed by atoms with Crippen molar-refractivity contribution < 1.29 is 88.4 Å². The van der Waals surface area contributed by atoms with Gasteiger partial charge in [0.1, 0.15) is 48.8 Å². The van der Waals surface area contributed by atoms with E-state index in [1.165, 1.54) is 14.0 Å². The van der Waals surface area contributed by atoms with E-state index in [4.69, 9.17) is 23.7 Å². The van der Waals surface area contributed by atoms with Crippen molar-refractivity contribution in [2.45, 2.75) is 82.1 Å². The second kappa shape index (κ2) is 14.8. The van der Waals surface area contributed by atoms with E-state index in [1.807, 2.05) is 13.8 Å². The van der Waals surface area contributed by atoms with Crippen LogP contribution in [-0.4, -0.2) is 114 Å². The second-order valence-corrected chi connectivity index (χ2v) is 6.70. The van der Waals surface area contributed by atoms with Crippen molar-refractivity contribution in [3.05, 3.63) is 0 Å². The van der Waals surface area contributed by atoms with Crippen molar-refractivity contribution in [2.24, 2.45) is 0 Å². The zero-order valence-electron chi connectivity index (χ0n) is 19.0. The van der Waals surface area contributed by atoms with Gasteiger partial charge in [-0.25, -0.2) is 0 Å². The zero-order valence-corrected chi connectivity index (χ0v) is 21.0. The Kier molecular flexibility index (Phi) is 14.6. The minimum atomic E-state index is -1.79. The number of hydrogen-bond acceptors (Lipinski definition) is 12. The predicted octanol–water partition coefficient (Wildman–Crippen LogP) is -7.16. The molecule has 1 amide bonds. The van der Waals surface area contributed by atoms with Crippen LogP contribution >= 0.6 is 0 Å². The molecule has 5 N–H and O–H groups in total. The summed E-state index contributed by atoms with van der Waals surface area (Å²) in [5.74, 6) is -2.24. The number of ether oxygens (including phenoxy) is 5. The maximum Gasteiger partial charge on any atom is 1.00 e. The Morgan fingerprint density at radius 1 is 0.969 bits per heavy atom. The quantitative estimate of drug-likeness (QED) is 0.218. The summed E-state index contributed by atoms with van der Waals surface area (Å²) in [5, 5.41) is 54.2. The van der Waals surface area contributed by atoms with Crippen LogP contribution in [0.5, 0.6) is 0 Å². The van der Waals surface area contributed by atoms with Crippen molar-refractivity contribution >= 4 is 11.9 Å². The summed E-state index contributed by atoms with van der Waals surface area (Å²) >= 11 is 0. The SMILES string of the molecule is CC.COC1OC(CO)C(O)C(OC2OC(C(=O)[O-])C(OC)C(O)C2O)C1NC(C)=O.[Na+]. The Morgan fingerprint density at radius 3 is 2.00 bits per heavy atom. The summed E-state index contributed by atoms with van der Waals surface area (Å²) in [6, 6.07) is -1.12. The molecule has 10 unspecified atom stereocenters. The number of nitrogens with one attached hydrogen (secondary N) is 1. The molecule has 0 spiro atoms. The van der Waals surface area contributed by atoms with Gasteiger partial charge in [-0.15, -0.1) is 0 Å². The molecule has 0 saturated carbocycles. The van der Waals surface area contributed by atoms with Crippen LogP contribution < -0.4 is 40.0 Å². The van der Waals surface area contributed by atoms with Gasteiger partial charge in [0, 0.05) is 21.1 Å². The van der Waals surface area contributed by atoms with Crippen molar-refractivity contribution in [1.82, 2.24) is 5.32 Å². The fourth-order valence-electron chi connectivity index (χ4n) is 3.38. The van der Waals surface area contributed by atoms with E-state index in [1.54, 1.807) is 0 Å². The van der Waals surface area contributed by atoms with Crippen LogP contribution in [-0.2, 0) is 33.3 Å². The first-order valence-electron chi connectivity index (χ1n) is 9.81. The first-order valence-corrected chi connectivity index (χ1v) is 9.81. The smallest absolute Gasteiger partial charge is 0.547 e. The average Bonchev–Trinajstić information content (AvgIpc) is 2.74. The third-order valence-corrected chi connectivity index (χ3v) is 4.80. The number of methoxy groups -OCH3 is 2. The summed E-state index contributed by atoms with van der Waals surface area (Å²) in [6.45, 7) is 4.57. The Hall–Kier alpha value is -0.420. The predicted molar refractivity (Wildman–Crippen MR) is 99.1 cm³/mol. The van der Waals surface area contributed by atoms with E-state index >= 15 is 0 Å². The number of amides is 1. The molecule has 0 aromatic carbocycles. The third-order valence-electron chi connectivity index (χ3n) is 4.80. The van der Waals surface area contributed by atoms with Crippen molar-refractivity contribution in [1.29, 1.82) is 0 Å². The molecule has 2 aliphatic rings. The van der Waals surface area contributed by atoms with Gasteiger partial charge in [0.2, 0.25) is 5.91 Å². The van der Waals surface area contributed by atoms with Gasteiger partial charge in [-0.3, -0.25) is 4.79 Å². The van der Waals surface area contributed by atoms with Gasteiger partial charge in [-0.05, 0) is 0 Å². The number of aliphatic hydroxyl groups is 4. The number of rotatable bonds is 7. The van der Waals surface area contributed by atoms with E-state index in [9.17, 15) is 35.1 Å². The van der Waals surface area contributed by atoms with Crippen molar-refractivity contribution in [3.63, 3.8) is 0 Å². The molecule has 0 aliphatic carbocycles. The molecule has 32 heavy (non-hydrogen) atoms. The maximum absolute atomic E-state index is 11.6. The van der Waals surface area contributed by atoms with Gasteiger partial charge >= 0.3 is 29.6 Å². The number of aliphatic hydroxyl groups excluding tert-OH is 4. The molecule has 0 bridgehead atoms. The van der Waals surface area contributed by atoms with Gasteiger partial charge in [-0.2, -0.15) is 0 Å². The molecule has 2 fully saturated rings. The van der Waals surface area contributed by atoms with Crippen LogP contribution in [0.2, 0.25) is 0 Å². The molecule has 182 valence electrons. The molecule has 14 heteroatoms. The number of carboxylic acid groups (broad SMARTS) is 1. The third kappa shape index (κ3) is 7.29. The monoisotopic (exact) mass is 477 g/mol. The number of carbonyl (C=O) groups is 2. The topological polar surface area (TPSA) is 196 Å². The van der Waals surface area contributed by atoms with Gasteiger partial charge in [0.05, 0.1) is 12.6 Å². The molecule has 2 aliphatic heterocycles. The number of aliphatic carboxylic acids is 1. The largest absolute Gasteiger partial charge is 1.00 e. The van der Waals surface area contributed by atoms with Gasteiger partial charge in [0.15, 0.2) is 12.6 Å². The number of carbonyl (C=O) groups excluding carboxylic acids is 2. The van der Waals surface area contributed by atoms with Crippen molar-refractivity contribution in [3.8, 4) is 0 Å². The van der Waals surface area contributed by atoms with Gasteiger partial charge in [0.25, 0.3) is 0 Å². The molecule has 2 rings (SSSR count). The Bertz CT molecular complexity index is 584. The Balaban J connectivity index is 0.00000311. The van der Waals surface area contributed by atoms with Crippen LogP contribution in [0.25, 0.3) is 0 Å².